The molecular formula is C25H20N4O5S. The molecule has 1 amide bonds. The summed E-state index contributed by atoms with van der Waals surface area (Å²) in [6.07, 6.45) is 2.71. The van der Waals surface area contributed by atoms with Crippen molar-refractivity contribution in [3.05, 3.63) is 108 Å². The van der Waals surface area contributed by atoms with Crippen LogP contribution in [0.1, 0.15) is 26.3 Å². The lowest BCUT2D eigenvalue weighted by Crippen LogP contribution is -2.15. The minimum absolute atomic E-state index is 0.0352. The zero-order valence-electron chi connectivity index (χ0n) is 18.5. The van der Waals surface area contributed by atoms with Crippen molar-refractivity contribution in [3.8, 4) is 5.88 Å². The molecule has 35 heavy (non-hydrogen) atoms. The molecule has 0 fully saturated rings. The minimum Gasteiger partial charge on any atom is -0.478 e. The van der Waals surface area contributed by atoms with Crippen molar-refractivity contribution in [3.63, 3.8) is 0 Å². The zero-order chi connectivity index (χ0) is 24.8. The Balaban J connectivity index is 1.43. The number of methoxy groups -OCH3 is 1. The minimum atomic E-state index is -3.96. The van der Waals surface area contributed by atoms with E-state index >= 15 is 0 Å². The monoisotopic (exact) mass is 488 g/mol. The maximum Gasteiger partial charge on any atom is 0.263 e. The van der Waals surface area contributed by atoms with E-state index in [0.717, 1.165) is 0 Å². The highest BCUT2D eigenvalue weighted by molar-refractivity contribution is 7.92. The van der Waals surface area contributed by atoms with Crippen LogP contribution in [-0.2, 0) is 10.0 Å². The molecular weight excluding hydrogens is 468 g/mol. The van der Waals surface area contributed by atoms with Crippen molar-refractivity contribution in [1.29, 1.82) is 0 Å². The summed E-state index contributed by atoms with van der Waals surface area (Å²) < 4.78 is 32.7. The zero-order valence-corrected chi connectivity index (χ0v) is 19.3. The Labute approximate surface area is 201 Å². The van der Waals surface area contributed by atoms with Gasteiger partial charge in [-0.1, -0.05) is 42.5 Å². The molecule has 0 aliphatic carbocycles. The van der Waals surface area contributed by atoms with Crippen LogP contribution >= 0.6 is 0 Å². The van der Waals surface area contributed by atoms with E-state index in [1.54, 1.807) is 48.5 Å². The van der Waals surface area contributed by atoms with Gasteiger partial charge >= 0.3 is 0 Å². The number of rotatable bonds is 8. The molecule has 4 aromatic rings. The average Bonchev–Trinajstić information content (AvgIpc) is 2.89. The van der Waals surface area contributed by atoms with Gasteiger partial charge in [-0.2, -0.15) is 0 Å². The lowest BCUT2D eigenvalue weighted by molar-refractivity contribution is 0.102. The van der Waals surface area contributed by atoms with Crippen LogP contribution in [0.3, 0.4) is 0 Å². The van der Waals surface area contributed by atoms with Crippen LogP contribution in [0.5, 0.6) is 5.88 Å². The van der Waals surface area contributed by atoms with E-state index in [1.807, 2.05) is 6.07 Å². The number of carbonyl (C=O) groups is 2. The first kappa shape index (κ1) is 23.6. The quantitative estimate of drug-likeness (QED) is 0.361. The summed E-state index contributed by atoms with van der Waals surface area (Å²) in [6.45, 7) is 0. The van der Waals surface area contributed by atoms with Crippen LogP contribution in [0.25, 0.3) is 0 Å². The summed E-state index contributed by atoms with van der Waals surface area (Å²) >= 11 is 0. The molecule has 0 spiro atoms. The number of ketones is 1. The molecule has 0 bridgehead atoms. The second-order valence-corrected chi connectivity index (χ2v) is 8.95. The van der Waals surface area contributed by atoms with Crippen molar-refractivity contribution < 1.29 is 22.7 Å². The summed E-state index contributed by atoms with van der Waals surface area (Å²) in [4.78, 5) is 32.9. The maximum atomic E-state index is 12.7. The van der Waals surface area contributed by atoms with Gasteiger partial charge in [0.15, 0.2) is 5.78 Å². The molecule has 0 atom stereocenters. The first-order valence-corrected chi connectivity index (χ1v) is 11.8. The lowest BCUT2D eigenvalue weighted by Gasteiger charge is -2.10. The average molecular weight is 489 g/mol. The second kappa shape index (κ2) is 10.1. The number of nitrogens with one attached hydrogen (secondary N) is 2. The normalized spacial score (nSPS) is 10.9. The molecule has 9 nitrogen and oxygen atoms in total. The van der Waals surface area contributed by atoms with Gasteiger partial charge in [-0.25, -0.2) is 18.4 Å². The van der Waals surface area contributed by atoms with Crippen molar-refractivity contribution in [2.24, 2.45) is 0 Å². The first-order chi connectivity index (χ1) is 16.9. The Morgan fingerprint density at radius 2 is 1.37 bits per heavy atom. The van der Waals surface area contributed by atoms with Gasteiger partial charge in [0.2, 0.25) is 5.82 Å². The smallest absolute Gasteiger partial charge is 0.263 e. The molecule has 1 aromatic heterocycles. The van der Waals surface area contributed by atoms with Crippen LogP contribution in [0.2, 0.25) is 0 Å². The third-order valence-corrected chi connectivity index (χ3v) is 6.31. The number of anilines is 2. The Kier molecular flexibility index (Phi) is 6.83. The first-order valence-electron chi connectivity index (χ1n) is 10.4. The highest BCUT2D eigenvalue weighted by Crippen LogP contribution is 2.22. The number of nitrogens with zero attached hydrogens (tertiary/aromatic N) is 2. The summed E-state index contributed by atoms with van der Waals surface area (Å²) in [5, 5.41) is 2.70. The van der Waals surface area contributed by atoms with Crippen LogP contribution in [0, 0.1) is 0 Å². The third kappa shape index (κ3) is 5.50. The maximum absolute atomic E-state index is 12.7. The molecule has 4 rings (SSSR count). The highest BCUT2D eigenvalue weighted by Gasteiger charge is 2.18. The molecule has 0 aliphatic rings. The summed E-state index contributed by atoms with van der Waals surface area (Å²) in [5.41, 5.74) is 1.78. The molecule has 0 unspecified atom stereocenters. The molecule has 176 valence electrons. The molecule has 2 N–H and O–H groups in total. The Morgan fingerprint density at radius 3 is 2.03 bits per heavy atom. The van der Waals surface area contributed by atoms with E-state index in [1.165, 1.54) is 43.8 Å². The summed E-state index contributed by atoms with van der Waals surface area (Å²) in [6, 6.07) is 20.8. The van der Waals surface area contributed by atoms with Gasteiger partial charge in [-0.3, -0.25) is 14.3 Å². The molecule has 1 heterocycles. The molecule has 10 heteroatoms. The van der Waals surface area contributed by atoms with Crippen molar-refractivity contribution in [2.75, 3.05) is 17.1 Å². The molecule has 0 saturated carbocycles. The van der Waals surface area contributed by atoms with Crippen molar-refractivity contribution in [1.82, 2.24) is 9.97 Å². The molecule has 0 saturated heterocycles. The van der Waals surface area contributed by atoms with Gasteiger partial charge < -0.3 is 10.1 Å². The SMILES string of the molecule is COc1nccnc1NS(=O)(=O)c1ccc(NC(=O)c2ccc(C(=O)c3ccccc3)cc2)cc1. The number of aromatic nitrogens is 2. The highest BCUT2D eigenvalue weighted by atomic mass is 32.2. The predicted molar refractivity (Wildman–Crippen MR) is 130 cm³/mol. The molecule has 0 aliphatic heterocycles. The Hall–Kier alpha value is -4.57. The number of ether oxygens (including phenoxy) is 1. The Morgan fingerprint density at radius 1 is 0.771 bits per heavy atom. The Bertz CT molecular complexity index is 1460. The van der Waals surface area contributed by atoms with Crippen LogP contribution in [0.15, 0.2) is 96.2 Å². The van der Waals surface area contributed by atoms with E-state index in [2.05, 4.69) is 20.0 Å². The van der Waals surface area contributed by atoms with Gasteiger partial charge in [0.05, 0.1) is 12.0 Å². The fraction of sp³-hybridized carbons (Fsp3) is 0.0400. The second-order valence-electron chi connectivity index (χ2n) is 7.27. The number of hydrogen-bond acceptors (Lipinski definition) is 7. The number of carbonyl (C=O) groups excluding carboxylic acids is 2. The van der Waals surface area contributed by atoms with Crippen molar-refractivity contribution >= 4 is 33.2 Å². The fourth-order valence-corrected chi connectivity index (χ4v) is 4.19. The van der Waals surface area contributed by atoms with E-state index in [0.29, 0.717) is 22.4 Å². The van der Waals surface area contributed by atoms with Crippen LogP contribution in [-0.4, -0.2) is 37.2 Å². The number of sulfonamides is 1. The van der Waals surface area contributed by atoms with Crippen LogP contribution in [0.4, 0.5) is 11.5 Å². The predicted octanol–water partition coefficient (Wildman–Crippen LogP) is 3.77. The number of amides is 1. The van der Waals surface area contributed by atoms with Gasteiger partial charge in [0.1, 0.15) is 0 Å². The summed E-state index contributed by atoms with van der Waals surface area (Å²) in [7, 11) is -2.60. The van der Waals surface area contributed by atoms with Crippen LogP contribution < -0.4 is 14.8 Å². The van der Waals surface area contributed by atoms with E-state index in [-0.39, 0.29) is 22.4 Å². The third-order valence-electron chi connectivity index (χ3n) is 4.96. The number of hydrogen-bond donors (Lipinski definition) is 2. The number of benzene rings is 3. The standard InChI is InChI=1S/C25H20N4O5S/c1-34-25-23(26-15-16-27-25)29-35(32,33)21-13-11-20(12-14-21)28-24(31)19-9-7-18(8-10-19)22(30)17-5-3-2-4-6-17/h2-16H,1H3,(H,26,29)(H,28,31). The van der Waals surface area contributed by atoms with E-state index in [4.69, 9.17) is 4.74 Å². The lowest BCUT2D eigenvalue weighted by atomic mass is 10.0. The molecule has 3 aromatic carbocycles. The topological polar surface area (TPSA) is 127 Å². The van der Waals surface area contributed by atoms with Gasteiger partial charge in [-0.05, 0) is 36.4 Å². The van der Waals surface area contributed by atoms with E-state index in [9.17, 15) is 18.0 Å². The van der Waals surface area contributed by atoms with Gasteiger partial charge in [0, 0.05) is 34.8 Å². The summed E-state index contributed by atoms with van der Waals surface area (Å²) in [5.74, 6) is -0.540. The molecule has 0 radical (unpaired) electrons. The van der Waals surface area contributed by atoms with Crippen molar-refractivity contribution in [2.45, 2.75) is 4.90 Å². The van der Waals surface area contributed by atoms with E-state index < -0.39 is 15.9 Å². The fourth-order valence-electron chi connectivity index (χ4n) is 3.18. The van der Waals surface area contributed by atoms with Gasteiger partial charge in [0.25, 0.3) is 21.8 Å². The van der Waals surface area contributed by atoms with Gasteiger partial charge in [-0.15, -0.1) is 0 Å². The largest absolute Gasteiger partial charge is 0.478 e.